The Morgan fingerprint density at radius 1 is 0.955 bits per heavy atom. The van der Waals surface area contributed by atoms with Gasteiger partial charge in [-0.15, -0.1) is 5.10 Å². The Labute approximate surface area is 256 Å². The van der Waals surface area contributed by atoms with Gasteiger partial charge < -0.3 is 29.5 Å². The number of methoxy groups -OCH3 is 3. The van der Waals surface area contributed by atoms with Gasteiger partial charge in [-0.2, -0.15) is 0 Å². The maximum Gasteiger partial charge on any atom is 0.247 e. The zero-order valence-corrected chi connectivity index (χ0v) is 25.4. The monoisotopic (exact) mass is 601 g/mol. The Kier molecular flexibility index (Phi) is 9.83. The van der Waals surface area contributed by atoms with Crippen LogP contribution in [0.1, 0.15) is 49.3 Å². The number of fused-ring (bicyclic) bond motifs is 1. The summed E-state index contributed by atoms with van der Waals surface area (Å²) in [6.07, 6.45) is 5.43. The molecule has 11 heteroatoms. The first-order valence-electron chi connectivity index (χ1n) is 14.9. The fraction of sp³-hybridized carbons (Fsp3) is 0.394. The van der Waals surface area contributed by atoms with Gasteiger partial charge in [0, 0.05) is 12.6 Å². The zero-order valence-electron chi connectivity index (χ0n) is 25.4. The molecule has 0 aliphatic heterocycles. The molecule has 5 rings (SSSR count). The molecule has 232 valence electrons. The second-order valence-corrected chi connectivity index (χ2v) is 10.9. The molecule has 3 aromatic carbocycles. The molecule has 0 unspecified atom stereocenters. The Morgan fingerprint density at radius 2 is 1.68 bits per heavy atom. The van der Waals surface area contributed by atoms with Gasteiger partial charge in [-0.05, 0) is 66.8 Å². The smallest absolute Gasteiger partial charge is 0.247 e. The van der Waals surface area contributed by atoms with Crippen LogP contribution in [0.15, 0.2) is 60.7 Å². The third kappa shape index (κ3) is 6.88. The van der Waals surface area contributed by atoms with Crippen molar-refractivity contribution in [1.29, 1.82) is 0 Å². The molecule has 2 N–H and O–H groups in total. The lowest BCUT2D eigenvalue weighted by atomic mass is 9.94. The maximum absolute atomic E-state index is 14.2. The summed E-state index contributed by atoms with van der Waals surface area (Å²) < 4.78 is 17.7. The summed E-state index contributed by atoms with van der Waals surface area (Å²) in [6.45, 7) is 0.0816. The van der Waals surface area contributed by atoms with Crippen molar-refractivity contribution in [3.63, 3.8) is 0 Å². The SMILES string of the molecule is COc1ccc([C@H](C(=O)NC2CCCCC2)N(CCc2ccc(OC)c(OC)c2)C(=O)Cn2nnc3ccccc32)cc1O. The molecule has 0 saturated heterocycles. The lowest BCUT2D eigenvalue weighted by Crippen LogP contribution is -2.48. The van der Waals surface area contributed by atoms with Crippen molar-refractivity contribution < 1.29 is 28.9 Å². The Morgan fingerprint density at radius 3 is 2.41 bits per heavy atom. The fourth-order valence-electron chi connectivity index (χ4n) is 5.81. The number of carbonyl (C=O) groups excluding carboxylic acids is 2. The van der Waals surface area contributed by atoms with Crippen LogP contribution in [-0.4, -0.2) is 70.7 Å². The number of aromatic nitrogens is 3. The minimum absolute atomic E-state index is 0.0210. The number of hydrogen-bond acceptors (Lipinski definition) is 8. The van der Waals surface area contributed by atoms with E-state index in [0.29, 0.717) is 34.5 Å². The second-order valence-electron chi connectivity index (χ2n) is 10.9. The largest absolute Gasteiger partial charge is 0.504 e. The number of phenolic OH excluding ortho intramolecular Hbond substituents is 1. The topological polar surface area (TPSA) is 128 Å². The molecule has 44 heavy (non-hydrogen) atoms. The van der Waals surface area contributed by atoms with Gasteiger partial charge in [0.05, 0.1) is 26.8 Å². The highest BCUT2D eigenvalue weighted by atomic mass is 16.5. The average Bonchev–Trinajstić information content (AvgIpc) is 3.45. The number of aromatic hydroxyl groups is 1. The van der Waals surface area contributed by atoms with E-state index in [1.54, 1.807) is 35.9 Å². The summed E-state index contributed by atoms with van der Waals surface area (Å²) in [7, 11) is 4.61. The number of nitrogens with one attached hydrogen (secondary N) is 1. The summed E-state index contributed by atoms with van der Waals surface area (Å²) >= 11 is 0. The van der Waals surface area contributed by atoms with Gasteiger partial charge in [-0.1, -0.05) is 48.7 Å². The Bertz CT molecular complexity index is 1600. The number of ether oxygens (including phenoxy) is 3. The van der Waals surface area contributed by atoms with Crippen LogP contribution in [0, 0.1) is 0 Å². The summed E-state index contributed by atoms with van der Waals surface area (Å²) in [5, 5.41) is 22.3. The molecule has 4 aromatic rings. The van der Waals surface area contributed by atoms with Crippen LogP contribution in [-0.2, 0) is 22.6 Å². The van der Waals surface area contributed by atoms with Gasteiger partial charge in [0.2, 0.25) is 11.8 Å². The Balaban J connectivity index is 1.52. The number of amides is 2. The molecule has 11 nitrogen and oxygen atoms in total. The Hall–Kier alpha value is -4.80. The highest BCUT2D eigenvalue weighted by molar-refractivity contribution is 5.89. The fourth-order valence-corrected chi connectivity index (χ4v) is 5.81. The maximum atomic E-state index is 14.2. The van der Waals surface area contributed by atoms with Crippen LogP contribution in [0.25, 0.3) is 11.0 Å². The molecule has 0 bridgehead atoms. The minimum Gasteiger partial charge on any atom is -0.504 e. The van der Waals surface area contributed by atoms with Crippen molar-refractivity contribution >= 4 is 22.8 Å². The molecular weight excluding hydrogens is 562 g/mol. The van der Waals surface area contributed by atoms with Crippen molar-refractivity contribution in [3.05, 3.63) is 71.8 Å². The highest BCUT2D eigenvalue weighted by Gasteiger charge is 2.34. The van der Waals surface area contributed by atoms with Gasteiger partial charge >= 0.3 is 0 Å². The molecule has 1 aliphatic carbocycles. The molecular formula is C33H39N5O6. The van der Waals surface area contributed by atoms with Crippen molar-refractivity contribution in [2.24, 2.45) is 0 Å². The van der Waals surface area contributed by atoms with Crippen molar-refractivity contribution in [1.82, 2.24) is 25.2 Å². The third-order valence-electron chi connectivity index (χ3n) is 8.15. The molecule has 1 aliphatic rings. The summed E-state index contributed by atoms with van der Waals surface area (Å²) in [5.41, 5.74) is 2.76. The second kappa shape index (κ2) is 14.1. The van der Waals surface area contributed by atoms with E-state index in [1.807, 2.05) is 42.5 Å². The van der Waals surface area contributed by atoms with E-state index in [4.69, 9.17) is 14.2 Å². The minimum atomic E-state index is -1.02. The van der Waals surface area contributed by atoms with E-state index < -0.39 is 6.04 Å². The number of nitrogens with zero attached hydrogens (tertiary/aromatic N) is 4. The molecule has 0 radical (unpaired) electrons. The number of carbonyl (C=O) groups is 2. The van der Waals surface area contributed by atoms with Gasteiger partial charge in [0.15, 0.2) is 23.0 Å². The van der Waals surface area contributed by atoms with Crippen LogP contribution < -0.4 is 19.5 Å². The van der Waals surface area contributed by atoms with Gasteiger partial charge in [-0.3, -0.25) is 9.59 Å². The first-order valence-corrected chi connectivity index (χ1v) is 14.9. The number of hydrogen-bond donors (Lipinski definition) is 2. The van der Waals surface area contributed by atoms with Crippen LogP contribution in [0.2, 0.25) is 0 Å². The first-order chi connectivity index (χ1) is 21.4. The highest BCUT2D eigenvalue weighted by Crippen LogP contribution is 2.33. The summed E-state index contributed by atoms with van der Waals surface area (Å²) in [5.74, 6) is 0.711. The number of rotatable bonds is 12. The van der Waals surface area contributed by atoms with Crippen LogP contribution in [0.4, 0.5) is 0 Å². The predicted molar refractivity (Wildman–Crippen MR) is 165 cm³/mol. The molecule has 2 amide bonds. The van der Waals surface area contributed by atoms with Crippen LogP contribution in [0.5, 0.6) is 23.0 Å². The molecule has 1 atom stereocenters. The molecule has 1 heterocycles. The van der Waals surface area contributed by atoms with Gasteiger partial charge in [-0.25, -0.2) is 4.68 Å². The first kappa shape index (κ1) is 30.7. The van der Waals surface area contributed by atoms with Gasteiger partial charge in [0.25, 0.3) is 0 Å². The number of phenols is 1. The quantitative estimate of drug-likeness (QED) is 0.244. The van der Waals surface area contributed by atoms with Crippen LogP contribution >= 0.6 is 0 Å². The van der Waals surface area contributed by atoms with E-state index in [9.17, 15) is 14.7 Å². The van der Waals surface area contributed by atoms with Gasteiger partial charge in [0.1, 0.15) is 18.1 Å². The van der Waals surface area contributed by atoms with Crippen molar-refractivity contribution in [3.8, 4) is 23.0 Å². The summed E-state index contributed by atoms with van der Waals surface area (Å²) in [4.78, 5) is 30.0. The normalized spacial score (nSPS) is 14.2. The van der Waals surface area contributed by atoms with E-state index in [2.05, 4.69) is 15.6 Å². The van der Waals surface area contributed by atoms with E-state index in [1.165, 1.54) is 13.2 Å². The van der Waals surface area contributed by atoms with Crippen molar-refractivity contribution in [2.45, 2.75) is 57.2 Å². The van der Waals surface area contributed by atoms with Crippen LogP contribution in [0.3, 0.4) is 0 Å². The average molecular weight is 602 g/mol. The standard InChI is InChI=1S/C33H39N5O6/c1-42-28-16-14-23(20-27(28)39)32(33(41)34-24-9-5-4-6-10-24)37(18-17-22-13-15-29(43-2)30(19-22)44-3)31(40)21-38-26-12-8-7-11-25(26)35-36-38/h7-8,11-16,19-20,24,32,39H,4-6,9-10,17-18,21H2,1-3H3,(H,34,41)/t32-/m1/s1. The zero-order chi connectivity index (χ0) is 31.1. The number of para-hydroxylation sites is 1. The van der Waals surface area contributed by atoms with E-state index in [0.717, 1.165) is 37.7 Å². The summed E-state index contributed by atoms with van der Waals surface area (Å²) in [6, 6.07) is 16.8. The van der Waals surface area contributed by atoms with E-state index >= 15 is 0 Å². The van der Waals surface area contributed by atoms with E-state index in [-0.39, 0.29) is 42.4 Å². The lowest BCUT2D eigenvalue weighted by Gasteiger charge is -2.33. The molecule has 0 spiro atoms. The van der Waals surface area contributed by atoms with Crippen molar-refractivity contribution in [2.75, 3.05) is 27.9 Å². The third-order valence-corrected chi connectivity index (χ3v) is 8.15. The molecule has 1 fully saturated rings. The molecule has 1 saturated carbocycles. The number of benzene rings is 3. The predicted octanol–water partition coefficient (Wildman–Crippen LogP) is 4.42. The lowest BCUT2D eigenvalue weighted by molar-refractivity contribution is -0.141. The molecule has 1 aromatic heterocycles.